The molecule has 0 saturated carbocycles. The number of benzene rings is 14. The largest absolute Gasteiger partial charge is 0.0737 e. The molecule has 2 aliphatic rings. The van der Waals surface area contributed by atoms with E-state index in [0.717, 1.165) is 0 Å². The molecule has 71 heavy (non-hydrogen) atoms. The zero-order chi connectivity index (χ0) is 46.4. The van der Waals surface area contributed by atoms with E-state index in [1.165, 1.54) is 153 Å². The van der Waals surface area contributed by atoms with Crippen LogP contribution >= 0.6 is 0 Å². The number of hydrogen-bond acceptors (Lipinski definition) is 0. The SMILES string of the molecule is c1ccc2c(c1)-c1ccccc1C21c2c(cc(-c3ccc(-c4c5ccccc5c(-c5cc6ccccc6c6ccccc56)c5ccccc45)cc3)c3ccccc23)-c2c1c1ccccc1c1ccccc21. The van der Waals surface area contributed by atoms with E-state index in [0.29, 0.717) is 0 Å². The van der Waals surface area contributed by atoms with E-state index in [1.54, 1.807) is 0 Å². The predicted molar refractivity (Wildman–Crippen MR) is 302 cm³/mol. The second kappa shape index (κ2) is 14.5. The molecule has 0 saturated heterocycles. The van der Waals surface area contributed by atoms with Gasteiger partial charge >= 0.3 is 0 Å². The van der Waals surface area contributed by atoms with Crippen molar-refractivity contribution in [3.8, 4) is 55.6 Å². The van der Waals surface area contributed by atoms with Gasteiger partial charge < -0.3 is 0 Å². The lowest BCUT2D eigenvalue weighted by atomic mass is 9.68. The summed E-state index contributed by atoms with van der Waals surface area (Å²) in [5, 5.41) is 17.9. The van der Waals surface area contributed by atoms with Crippen LogP contribution in [0.3, 0.4) is 0 Å². The minimum atomic E-state index is -0.517. The normalized spacial score (nSPS) is 13.2. The molecule has 1 spiro atoms. The van der Waals surface area contributed by atoms with Crippen molar-refractivity contribution in [2.24, 2.45) is 0 Å². The predicted octanol–water partition coefficient (Wildman–Crippen LogP) is 19.1. The van der Waals surface area contributed by atoms with E-state index < -0.39 is 5.41 Å². The summed E-state index contributed by atoms with van der Waals surface area (Å²) in [5.41, 5.74) is 17.8. The molecule has 0 N–H and O–H groups in total. The van der Waals surface area contributed by atoms with E-state index in [4.69, 9.17) is 0 Å². The lowest BCUT2D eigenvalue weighted by molar-refractivity contribution is 0.809. The molecule has 0 amide bonds. The molecule has 0 heterocycles. The van der Waals surface area contributed by atoms with E-state index in [-0.39, 0.29) is 0 Å². The first kappa shape index (κ1) is 38.8. The van der Waals surface area contributed by atoms with Gasteiger partial charge in [0, 0.05) is 0 Å². The number of fused-ring (bicyclic) bond motifs is 22. The van der Waals surface area contributed by atoms with Crippen molar-refractivity contribution < 1.29 is 0 Å². The third-order valence-electron chi connectivity index (χ3n) is 16.4. The molecule has 0 radical (unpaired) electrons. The standard InChI is InChI=1S/C71H42/c1-2-20-46-45(19-1)41-62(50-24-4-3-21-47(46)50)67-57-31-11-9-29-55(57)66(56-30-10-12-32-58(56)67)44-39-37-43(38-40-44)61-42-63-68-54-28-8-5-22-48(54)49-23-6-14-34-60(49)70(68)71(69(63)59-33-13-7-25-51(59)61)64-35-17-15-26-52(64)53-27-16-18-36-65(53)71/h1-42H. The van der Waals surface area contributed by atoms with Crippen molar-refractivity contribution in [2.75, 3.05) is 0 Å². The van der Waals surface area contributed by atoms with Gasteiger partial charge in [-0.2, -0.15) is 0 Å². The summed E-state index contributed by atoms with van der Waals surface area (Å²) < 4.78 is 0. The highest BCUT2D eigenvalue weighted by atomic mass is 14.5. The molecule has 0 atom stereocenters. The van der Waals surface area contributed by atoms with E-state index in [2.05, 4.69) is 255 Å². The van der Waals surface area contributed by atoms with Gasteiger partial charge in [0.2, 0.25) is 0 Å². The molecule has 0 fully saturated rings. The third kappa shape index (κ3) is 5.08. The van der Waals surface area contributed by atoms with Crippen molar-refractivity contribution in [1.82, 2.24) is 0 Å². The Morgan fingerprint density at radius 3 is 1.15 bits per heavy atom. The highest BCUT2D eigenvalue weighted by Gasteiger charge is 2.54. The summed E-state index contributed by atoms with van der Waals surface area (Å²) in [4.78, 5) is 0. The van der Waals surface area contributed by atoms with Crippen LogP contribution < -0.4 is 0 Å². The zero-order valence-corrected chi connectivity index (χ0v) is 38.7. The van der Waals surface area contributed by atoms with E-state index in [9.17, 15) is 0 Å². The van der Waals surface area contributed by atoms with Crippen LogP contribution in [0.1, 0.15) is 22.3 Å². The zero-order valence-electron chi connectivity index (χ0n) is 38.7. The Labute approximate surface area is 411 Å². The molecular weight excluding hydrogens is 853 g/mol. The van der Waals surface area contributed by atoms with Crippen molar-refractivity contribution in [3.63, 3.8) is 0 Å². The molecular formula is C71H42. The molecule has 0 bridgehead atoms. The first-order valence-electron chi connectivity index (χ1n) is 24.9. The minimum Gasteiger partial charge on any atom is -0.0619 e. The molecule has 16 rings (SSSR count). The van der Waals surface area contributed by atoms with Gasteiger partial charge in [-0.25, -0.2) is 0 Å². The maximum absolute atomic E-state index is 2.55. The van der Waals surface area contributed by atoms with Gasteiger partial charge in [0.1, 0.15) is 0 Å². The first-order valence-corrected chi connectivity index (χ1v) is 24.9. The van der Waals surface area contributed by atoms with Gasteiger partial charge in [-0.1, -0.05) is 243 Å². The molecule has 2 aliphatic carbocycles. The van der Waals surface area contributed by atoms with Gasteiger partial charge in [0.15, 0.2) is 0 Å². The van der Waals surface area contributed by atoms with Crippen LogP contribution in [0.5, 0.6) is 0 Å². The summed E-state index contributed by atoms with van der Waals surface area (Å²) in [6.07, 6.45) is 0. The molecule has 14 aromatic rings. The van der Waals surface area contributed by atoms with Gasteiger partial charge in [0.05, 0.1) is 5.41 Å². The van der Waals surface area contributed by atoms with Crippen molar-refractivity contribution in [2.45, 2.75) is 5.41 Å². The van der Waals surface area contributed by atoms with Crippen LogP contribution in [0, 0.1) is 0 Å². The molecule has 326 valence electrons. The van der Waals surface area contributed by atoms with Crippen molar-refractivity contribution in [3.05, 3.63) is 277 Å². The summed E-state index contributed by atoms with van der Waals surface area (Å²) >= 11 is 0. The Bertz CT molecular complexity index is 4520. The topological polar surface area (TPSA) is 0 Å². The Hall–Kier alpha value is -9.10. The van der Waals surface area contributed by atoms with Crippen LogP contribution in [-0.4, -0.2) is 0 Å². The van der Waals surface area contributed by atoms with Gasteiger partial charge in [-0.3, -0.25) is 0 Å². The number of hydrogen-bond donors (Lipinski definition) is 0. The molecule has 0 nitrogen and oxygen atoms in total. The van der Waals surface area contributed by atoms with Crippen LogP contribution in [0.15, 0.2) is 255 Å². The Morgan fingerprint density at radius 2 is 0.577 bits per heavy atom. The third-order valence-corrected chi connectivity index (χ3v) is 16.4. The highest BCUT2D eigenvalue weighted by molar-refractivity contribution is 6.26. The monoisotopic (exact) mass is 894 g/mol. The molecule has 0 heteroatoms. The minimum absolute atomic E-state index is 0.517. The average Bonchev–Trinajstić information content (AvgIpc) is 3.92. The quantitative estimate of drug-likeness (QED) is 0.122. The van der Waals surface area contributed by atoms with Crippen LogP contribution in [0.4, 0.5) is 0 Å². The summed E-state index contributed by atoms with van der Waals surface area (Å²) in [6.45, 7) is 0. The fourth-order valence-corrected chi connectivity index (χ4v) is 13.7. The highest BCUT2D eigenvalue weighted by Crippen LogP contribution is 2.67. The second-order valence-corrected chi connectivity index (χ2v) is 19.7. The van der Waals surface area contributed by atoms with Gasteiger partial charge in [-0.15, -0.1) is 0 Å². The van der Waals surface area contributed by atoms with Gasteiger partial charge in [0.25, 0.3) is 0 Å². The summed E-state index contributed by atoms with van der Waals surface area (Å²) in [6, 6.07) is 96.2. The molecule has 0 unspecified atom stereocenters. The summed E-state index contributed by atoms with van der Waals surface area (Å²) in [5.74, 6) is 0. The van der Waals surface area contributed by atoms with Crippen molar-refractivity contribution >= 4 is 75.4 Å². The fourth-order valence-electron chi connectivity index (χ4n) is 13.7. The molecule has 14 aromatic carbocycles. The Morgan fingerprint density at radius 1 is 0.197 bits per heavy atom. The van der Waals surface area contributed by atoms with E-state index >= 15 is 0 Å². The molecule has 0 aromatic heterocycles. The Kier molecular flexibility index (Phi) is 7.91. The Balaban J connectivity index is 0.953. The maximum Gasteiger partial charge on any atom is 0.0737 e. The first-order chi connectivity index (χ1) is 35.3. The lowest BCUT2D eigenvalue weighted by Crippen LogP contribution is -2.26. The van der Waals surface area contributed by atoms with Crippen LogP contribution in [0.25, 0.3) is 131 Å². The maximum atomic E-state index is 2.55. The summed E-state index contributed by atoms with van der Waals surface area (Å²) in [7, 11) is 0. The van der Waals surface area contributed by atoms with E-state index in [1.807, 2.05) is 0 Å². The van der Waals surface area contributed by atoms with Crippen LogP contribution in [-0.2, 0) is 5.41 Å². The van der Waals surface area contributed by atoms with Crippen LogP contribution in [0.2, 0.25) is 0 Å². The van der Waals surface area contributed by atoms with Gasteiger partial charge in [-0.05, 0) is 165 Å². The lowest BCUT2D eigenvalue weighted by Gasteiger charge is -2.33. The fraction of sp³-hybridized carbons (Fsp3) is 0.0141. The smallest absolute Gasteiger partial charge is 0.0619 e. The molecule has 0 aliphatic heterocycles. The van der Waals surface area contributed by atoms with Crippen molar-refractivity contribution in [1.29, 1.82) is 0 Å². The number of rotatable bonds is 3. The second-order valence-electron chi connectivity index (χ2n) is 19.7. The average molecular weight is 895 g/mol.